The van der Waals surface area contributed by atoms with Crippen LogP contribution in [0.4, 0.5) is 4.39 Å². The third-order valence-electron chi connectivity index (χ3n) is 3.78. The third-order valence-corrected chi connectivity index (χ3v) is 4.09. The van der Waals surface area contributed by atoms with Crippen LogP contribution in [0, 0.1) is 17.5 Å². The molecule has 0 unspecified atom stereocenters. The summed E-state index contributed by atoms with van der Waals surface area (Å²) < 4.78 is 15.5. The van der Waals surface area contributed by atoms with E-state index in [1.807, 2.05) is 6.92 Å². The number of carbonyl (C=O) groups excluding carboxylic acids is 2. The lowest BCUT2D eigenvalue weighted by molar-refractivity contribution is -0.121. The van der Waals surface area contributed by atoms with Gasteiger partial charge < -0.3 is 10.6 Å². The number of aromatic nitrogens is 3. The normalized spacial score (nSPS) is 10.6. The minimum absolute atomic E-state index is 0.0712. The van der Waals surface area contributed by atoms with Crippen molar-refractivity contribution in [3.8, 4) is 0 Å². The fourth-order valence-corrected chi connectivity index (χ4v) is 2.56. The number of benzene rings is 1. The van der Waals surface area contributed by atoms with E-state index < -0.39 is 5.82 Å². The van der Waals surface area contributed by atoms with E-state index in [4.69, 9.17) is 12.2 Å². The van der Waals surface area contributed by atoms with Crippen LogP contribution in [-0.4, -0.2) is 39.7 Å². The molecule has 0 atom stereocenters. The summed E-state index contributed by atoms with van der Waals surface area (Å²) in [6.45, 7) is 4.21. The molecule has 26 heavy (non-hydrogen) atoms. The quantitative estimate of drug-likeness (QED) is 0.482. The largest absolute Gasteiger partial charge is 0.353 e. The van der Waals surface area contributed by atoms with E-state index in [-0.39, 0.29) is 37.0 Å². The second-order valence-corrected chi connectivity index (χ2v) is 6.24. The van der Waals surface area contributed by atoms with Gasteiger partial charge in [0, 0.05) is 25.1 Å². The van der Waals surface area contributed by atoms with Crippen molar-refractivity contribution in [1.29, 1.82) is 0 Å². The van der Waals surface area contributed by atoms with Crippen LogP contribution >= 0.6 is 12.2 Å². The van der Waals surface area contributed by atoms with Gasteiger partial charge in [-0.3, -0.25) is 19.3 Å². The molecule has 2 aromatic rings. The SMILES string of the molecule is CCCc1n[nH]c(=S)n1CC(=O)NCCNC(=O)c1ccc(C)c(F)c1. The summed E-state index contributed by atoms with van der Waals surface area (Å²) >= 11 is 5.13. The number of nitrogens with zero attached hydrogens (tertiary/aromatic N) is 2. The van der Waals surface area contributed by atoms with Gasteiger partial charge in [-0.2, -0.15) is 5.10 Å². The van der Waals surface area contributed by atoms with Gasteiger partial charge in [-0.25, -0.2) is 4.39 Å². The van der Waals surface area contributed by atoms with Crippen LogP contribution < -0.4 is 10.6 Å². The van der Waals surface area contributed by atoms with E-state index in [9.17, 15) is 14.0 Å². The lowest BCUT2D eigenvalue weighted by Gasteiger charge is -2.09. The van der Waals surface area contributed by atoms with Gasteiger partial charge in [0.05, 0.1) is 0 Å². The molecule has 0 radical (unpaired) electrons. The molecule has 3 N–H and O–H groups in total. The summed E-state index contributed by atoms with van der Waals surface area (Å²) in [7, 11) is 0. The van der Waals surface area contributed by atoms with Crippen molar-refractivity contribution >= 4 is 24.0 Å². The Balaban J connectivity index is 1.78. The van der Waals surface area contributed by atoms with Crippen LogP contribution in [-0.2, 0) is 17.8 Å². The Kier molecular flexibility index (Phi) is 7.02. The number of aryl methyl sites for hydroxylation is 2. The molecule has 1 heterocycles. The van der Waals surface area contributed by atoms with Gasteiger partial charge >= 0.3 is 0 Å². The summed E-state index contributed by atoms with van der Waals surface area (Å²) in [6, 6.07) is 4.30. The Morgan fingerprint density at radius 1 is 1.31 bits per heavy atom. The maximum atomic E-state index is 13.5. The number of halogens is 1. The van der Waals surface area contributed by atoms with Crippen LogP contribution in [0.15, 0.2) is 18.2 Å². The first-order valence-corrected chi connectivity index (χ1v) is 8.78. The molecule has 0 aliphatic carbocycles. The molecule has 0 bridgehead atoms. The number of rotatable bonds is 8. The highest BCUT2D eigenvalue weighted by Gasteiger charge is 2.10. The zero-order valence-electron chi connectivity index (χ0n) is 14.8. The molecule has 2 rings (SSSR count). The van der Waals surface area contributed by atoms with Gasteiger partial charge in [0.1, 0.15) is 18.2 Å². The molecule has 0 saturated heterocycles. The number of hydrogen-bond acceptors (Lipinski definition) is 4. The summed E-state index contributed by atoms with van der Waals surface area (Å²) in [5.41, 5.74) is 0.724. The summed E-state index contributed by atoms with van der Waals surface area (Å²) in [6.07, 6.45) is 1.62. The number of H-pyrrole nitrogens is 1. The second kappa shape index (κ2) is 9.23. The third kappa shape index (κ3) is 5.22. The van der Waals surface area contributed by atoms with Crippen molar-refractivity contribution in [1.82, 2.24) is 25.4 Å². The maximum Gasteiger partial charge on any atom is 0.251 e. The Hall–Kier alpha value is -2.55. The van der Waals surface area contributed by atoms with E-state index in [0.29, 0.717) is 10.3 Å². The van der Waals surface area contributed by atoms with Gasteiger partial charge in [0.25, 0.3) is 5.91 Å². The minimum atomic E-state index is -0.425. The van der Waals surface area contributed by atoms with E-state index >= 15 is 0 Å². The monoisotopic (exact) mass is 379 g/mol. The Morgan fingerprint density at radius 2 is 2.04 bits per heavy atom. The van der Waals surface area contributed by atoms with Crippen molar-refractivity contribution in [2.45, 2.75) is 33.2 Å². The lowest BCUT2D eigenvalue weighted by atomic mass is 10.1. The Bertz CT molecular complexity index is 846. The topological polar surface area (TPSA) is 91.8 Å². The van der Waals surface area contributed by atoms with Gasteiger partial charge in [0.15, 0.2) is 4.77 Å². The first-order valence-electron chi connectivity index (χ1n) is 8.37. The fraction of sp³-hybridized carbons (Fsp3) is 0.412. The first kappa shape index (κ1) is 19.8. The van der Waals surface area contributed by atoms with Crippen molar-refractivity contribution in [2.24, 2.45) is 0 Å². The Morgan fingerprint density at radius 3 is 2.73 bits per heavy atom. The number of hydrogen-bond donors (Lipinski definition) is 3. The molecular formula is C17H22FN5O2S. The molecule has 0 aliphatic rings. The van der Waals surface area contributed by atoms with Gasteiger partial charge in [0.2, 0.25) is 5.91 Å². The highest BCUT2D eigenvalue weighted by Crippen LogP contribution is 2.08. The molecule has 0 saturated carbocycles. The van der Waals surface area contributed by atoms with Crippen LogP contribution in [0.3, 0.4) is 0 Å². The minimum Gasteiger partial charge on any atom is -0.353 e. The van der Waals surface area contributed by atoms with Crippen LogP contribution in [0.2, 0.25) is 0 Å². The van der Waals surface area contributed by atoms with Crippen molar-refractivity contribution in [3.63, 3.8) is 0 Å². The molecular weight excluding hydrogens is 357 g/mol. The number of amides is 2. The molecule has 7 nitrogen and oxygen atoms in total. The molecule has 140 valence electrons. The molecule has 2 amide bonds. The average molecular weight is 379 g/mol. The van der Waals surface area contributed by atoms with Crippen molar-refractivity contribution < 1.29 is 14.0 Å². The molecule has 0 fully saturated rings. The Labute approximate surface area is 156 Å². The number of carbonyl (C=O) groups is 2. The predicted octanol–water partition coefficient (Wildman–Crippen LogP) is 1.89. The van der Waals surface area contributed by atoms with Gasteiger partial charge in [-0.15, -0.1) is 0 Å². The molecule has 0 aliphatic heterocycles. The molecule has 9 heteroatoms. The van der Waals surface area contributed by atoms with E-state index in [1.54, 1.807) is 23.6 Å². The van der Waals surface area contributed by atoms with E-state index in [1.165, 1.54) is 6.07 Å². The van der Waals surface area contributed by atoms with Crippen LogP contribution in [0.5, 0.6) is 0 Å². The first-order chi connectivity index (χ1) is 12.4. The average Bonchev–Trinajstić information content (AvgIpc) is 2.94. The number of nitrogens with one attached hydrogen (secondary N) is 3. The van der Waals surface area contributed by atoms with E-state index in [2.05, 4.69) is 20.8 Å². The zero-order valence-corrected chi connectivity index (χ0v) is 15.6. The zero-order chi connectivity index (χ0) is 19.1. The summed E-state index contributed by atoms with van der Waals surface area (Å²) in [5.74, 6) is -0.302. The highest BCUT2D eigenvalue weighted by molar-refractivity contribution is 7.71. The summed E-state index contributed by atoms with van der Waals surface area (Å²) in [5, 5.41) is 12.1. The van der Waals surface area contributed by atoms with Gasteiger partial charge in [-0.1, -0.05) is 13.0 Å². The number of aromatic amines is 1. The van der Waals surface area contributed by atoms with Crippen molar-refractivity contribution in [3.05, 3.63) is 45.7 Å². The summed E-state index contributed by atoms with van der Waals surface area (Å²) in [4.78, 5) is 24.0. The second-order valence-electron chi connectivity index (χ2n) is 5.85. The van der Waals surface area contributed by atoms with Gasteiger partial charge in [-0.05, 0) is 43.3 Å². The maximum absolute atomic E-state index is 13.5. The van der Waals surface area contributed by atoms with Crippen molar-refractivity contribution in [2.75, 3.05) is 13.1 Å². The smallest absolute Gasteiger partial charge is 0.251 e. The molecule has 1 aromatic heterocycles. The molecule has 0 spiro atoms. The lowest BCUT2D eigenvalue weighted by Crippen LogP contribution is -2.36. The highest BCUT2D eigenvalue weighted by atomic mass is 32.1. The molecule has 1 aromatic carbocycles. The van der Waals surface area contributed by atoms with Crippen LogP contribution in [0.25, 0.3) is 0 Å². The fourth-order valence-electron chi connectivity index (χ4n) is 2.34. The van der Waals surface area contributed by atoms with E-state index in [0.717, 1.165) is 18.7 Å². The predicted molar refractivity (Wildman–Crippen MR) is 97.9 cm³/mol. The standard InChI is InChI=1S/C17H22FN5O2S/c1-3-4-14-21-22-17(26)23(14)10-15(24)19-7-8-20-16(25)12-6-5-11(2)13(18)9-12/h5-6,9H,3-4,7-8,10H2,1-2H3,(H,19,24)(H,20,25)(H,22,26). The van der Waals surface area contributed by atoms with Crippen LogP contribution in [0.1, 0.15) is 35.1 Å².